The highest BCUT2D eigenvalue weighted by Crippen LogP contribution is 2.26. The fourth-order valence-electron chi connectivity index (χ4n) is 3.49. The van der Waals surface area contributed by atoms with Gasteiger partial charge in [-0.15, -0.1) is 11.3 Å². The van der Waals surface area contributed by atoms with E-state index in [9.17, 15) is 4.79 Å². The minimum absolute atomic E-state index is 0.0554. The first-order chi connectivity index (χ1) is 11.7. The molecule has 0 N–H and O–H groups in total. The number of likely N-dealkylation sites (tertiary alicyclic amines) is 1. The van der Waals surface area contributed by atoms with E-state index >= 15 is 0 Å². The van der Waals surface area contributed by atoms with Gasteiger partial charge in [-0.05, 0) is 19.1 Å². The number of amides is 1. The number of hydrogen-bond acceptors (Lipinski definition) is 6. The van der Waals surface area contributed by atoms with Crippen LogP contribution in [0.1, 0.15) is 21.1 Å². The van der Waals surface area contributed by atoms with E-state index in [0.29, 0.717) is 25.3 Å². The van der Waals surface area contributed by atoms with Crippen molar-refractivity contribution in [2.24, 2.45) is 0 Å². The molecule has 0 saturated carbocycles. The normalized spacial score (nSPS) is 24.1. The molecule has 0 bridgehead atoms. The number of carbonyl (C=O) groups excluding carboxylic acids is 1. The number of hydrogen-bond donors (Lipinski definition) is 0. The van der Waals surface area contributed by atoms with E-state index in [1.807, 2.05) is 11.8 Å². The summed E-state index contributed by atoms with van der Waals surface area (Å²) in [7, 11) is 0. The van der Waals surface area contributed by atoms with E-state index < -0.39 is 0 Å². The van der Waals surface area contributed by atoms with Crippen molar-refractivity contribution in [1.29, 1.82) is 0 Å². The van der Waals surface area contributed by atoms with Gasteiger partial charge in [0.05, 0.1) is 29.5 Å². The molecule has 0 radical (unpaired) electrons. The van der Waals surface area contributed by atoms with Crippen LogP contribution in [0, 0.1) is 6.92 Å². The Hall–Kier alpha value is -1.83. The Morgan fingerprint density at radius 3 is 2.96 bits per heavy atom. The Labute approximate surface area is 145 Å². The summed E-state index contributed by atoms with van der Waals surface area (Å²) in [5.41, 5.74) is 1.79. The molecule has 0 aliphatic carbocycles. The zero-order valence-corrected chi connectivity index (χ0v) is 14.4. The number of carbonyl (C=O) groups is 1. The average molecular weight is 344 g/mol. The molecule has 126 valence electrons. The summed E-state index contributed by atoms with van der Waals surface area (Å²) in [5.74, 6) is 0.0554. The summed E-state index contributed by atoms with van der Waals surface area (Å²) in [5, 5.41) is 3.21. The Balaban J connectivity index is 1.47. The number of aromatic nitrogens is 2. The third-order valence-corrected chi connectivity index (χ3v) is 5.48. The molecular weight excluding hydrogens is 324 g/mol. The van der Waals surface area contributed by atoms with E-state index in [1.54, 1.807) is 35.9 Å². The van der Waals surface area contributed by atoms with E-state index in [1.165, 1.54) is 0 Å². The van der Waals surface area contributed by atoms with Crippen LogP contribution in [0.2, 0.25) is 0 Å². The number of nitrogens with zero attached hydrogens (tertiary/aromatic N) is 4. The van der Waals surface area contributed by atoms with Gasteiger partial charge in [0, 0.05) is 49.5 Å². The average Bonchev–Trinajstić information content (AvgIpc) is 3.22. The van der Waals surface area contributed by atoms with Crippen LogP contribution in [-0.2, 0) is 11.3 Å². The van der Waals surface area contributed by atoms with E-state index in [2.05, 4.69) is 20.2 Å². The first-order valence-electron chi connectivity index (χ1n) is 8.16. The minimum atomic E-state index is 0.0554. The molecule has 2 atom stereocenters. The summed E-state index contributed by atoms with van der Waals surface area (Å²) >= 11 is 1.68. The van der Waals surface area contributed by atoms with Crippen LogP contribution in [0.15, 0.2) is 29.9 Å². The van der Waals surface area contributed by atoms with Gasteiger partial charge < -0.3 is 9.64 Å². The van der Waals surface area contributed by atoms with Crippen molar-refractivity contribution in [2.45, 2.75) is 25.6 Å². The molecule has 2 saturated heterocycles. The monoisotopic (exact) mass is 344 g/mol. The molecular formula is C17H20N4O2S. The highest BCUT2D eigenvalue weighted by molar-refractivity contribution is 7.09. The van der Waals surface area contributed by atoms with Crippen LogP contribution < -0.4 is 0 Å². The molecule has 2 aromatic rings. The molecule has 2 aliphatic rings. The number of fused-ring (bicyclic) bond motifs is 1. The number of thiazole rings is 1. The Morgan fingerprint density at radius 2 is 2.21 bits per heavy atom. The van der Waals surface area contributed by atoms with Gasteiger partial charge in [0.25, 0.3) is 5.91 Å². The lowest BCUT2D eigenvalue weighted by molar-refractivity contribution is -0.0507. The number of rotatable bonds is 3. The fraction of sp³-hybridized carbons (Fsp3) is 0.471. The lowest BCUT2D eigenvalue weighted by atomic mass is 10.1. The number of aryl methyl sites for hydroxylation is 1. The fourth-order valence-corrected chi connectivity index (χ4v) is 4.09. The van der Waals surface area contributed by atoms with E-state index in [0.717, 1.165) is 23.8 Å². The van der Waals surface area contributed by atoms with Crippen LogP contribution in [0.3, 0.4) is 0 Å². The third kappa shape index (κ3) is 3.07. The standard InChI is InChI=1S/C17H20N4O2S/c1-12-19-14(11-24-12)8-20-6-7-23-16-10-21(9-15(16)20)17(22)13-2-4-18-5-3-13/h2-5,11,15-16H,6-10H2,1H3/t15-,16+/m0/s1. The Bertz CT molecular complexity index is 720. The van der Waals surface area contributed by atoms with Crippen LogP contribution in [-0.4, -0.2) is 64.1 Å². The van der Waals surface area contributed by atoms with Gasteiger partial charge in [0.15, 0.2) is 0 Å². The molecule has 4 rings (SSSR count). The summed E-state index contributed by atoms with van der Waals surface area (Å²) in [4.78, 5) is 25.5. The maximum absolute atomic E-state index is 12.7. The van der Waals surface area contributed by atoms with Gasteiger partial charge in [-0.25, -0.2) is 4.98 Å². The second kappa shape index (κ2) is 6.58. The summed E-state index contributed by atoms with van der Waals surface area (Å²) in [6, 6.07) is 3.77. The van der Waals surface area contributed by atoms with Crippen molar-refractivity contribution in [3.05, 3.63) is 46.2 Å². The zero-order chi connectivity index (χ0) is 16.5. The van der Waals surface area contributed by atoms with Crippen molar-refractivity contribution in [2.75, 3.05) is 26.2 Å². The number of pyridine rings is 1. The van der Waals surface area contributed by atoms with Crippen LogP contribution >= 0.6 is 11.3 Å². The second-order valence-electron chi connectivity index (χ2n) is 6.25. The zero-order valence-electron chi connectivity index (χ0n) is 13.6. The molecule has 0 aromatic carbocycles. The summed E-state index contributed by atoms with van der Waals surface area (Å²) in [6.45, 7) is 5.80. The maximum atomic E-state index is 12.7. The van der Waals surface area contributed by atoms with Gasteiger partial charge in [0.2, 0.25) is 0 Å². The van der Waals surface area contributed by atoms with Crippen molar-refractivity contribution in [3.63, 3.8) is 0 Å². The van der Waals surface area contributed by atoms with Crippen LogP contribution in [0.4, 0.5) is 0 Å². The smallest absolute Gasteiger partial charge is 0.254 e. The molecule has 4 heterocycles. The molecule has 24 heavy (non-hydrogen) atoms. The summed E-state index contributed by atoms with van der Waals surface area (Å²) < 4.78 is 5.93. The van der Waals surface area contributed by atoms with Gasteiger partial charge in [-0.1, -0.05) is 0 Å². The molecule has 2 fully saturated rings. The number of morpholine rings is 1. The SMILES string of the molecule is Cc1nc(CN2CCO[C@@H]3CN(C(=O)c4ccncc4)C[C@@H]32)cs1. The van der Waals surface area contributed by atoms with Gasteiger partial charge in [-0.2, -0.15) is 0 Å². The predicted octanol–water partition coefficient (Wildman–Crippen LogP) is 1.57. The highest BCUT2D eigenvalue weighted by atomic mass is 32.1. The van der Waals surface area contributed by atoms with Crippen LogP contribution in [0.5, 0.6) is 0 Å². The largest absolute Gasteiger partial charge is 0.373 e. The van der Waals surface area contributed by atoms with E-state index in [-0.39, 0.29) is 18.1 Å². The highest BCUT2D eigenvalue weighted by Gasteiger charge is 2.42. The van der Waals surface area contributed by atoms with Gasteiger partial charge >= 0.3 is 0 Å². The quantitative estimate of drug-likeness (QED) is 0.846. The Kier molecular flexibility index (Phi) is 4.30. The minimum Gasteiger partial charge on any atom is -0.373 e. The Morgan fingerprint density at radius 1 is 1.38 bits per heavy atom. The van der Waals surface area contributed by atoms with Crippen molar-refractivity contribution >= 4 is 17.2 Å². The molecule has 0 spiro atoms. The van der Waals surface area contributed by atoms with Crippen molar-refractivity contribution in [1.82, 2.24) is 19.8 Å². The van der Waals surface area contributed by atoms with Crippen molar-refractivity contribution in [3.8, 4) is 0 Å². The lowest BCUT2D eigenvalue weighted by Crippen LogP contribution is -2.50. The first kappa shape index (κ1) is 15.7. The first-order valence-corrected chi connectivity index (χ1v) is 9.04. The maximum Gasteiger partial charge on any atom is 0.254 e. The molecule has 2 aliphatic heterocycles. The van der Waals surface area contributed by atoms with E-state index in [4.69, 9.17) is 4.74 Å². The third-order valence-electron chi connectivity index (χ3n) is 4.66. The molecule has 1 amide bonds. The van der Waals surface area contributed by atoms with Crippen molar-refractivity contribution < 1.29 is 9.53 Å². The van der Waals surface area contributed by atoms with Gasteiger partial charge in [-0.3, -0.25) is 14.7 Å². The number of ether oxygens (including phenoxy) is 1. The molecule has 2 aromatic heterocycles. The molecule has 6 nitrogen and oxygen atoms in total. The summed E-state index contributed by atoms with van der Waals surface area (Å²) in [6.07, 6.45) is 3.40. The second-order valence-corrected chi connectivity index (χ2v) is 7.31. The topological polar surface area (TPSA) is 58.6 Å². The molecule has 0 unspecified atom stereocenters. The van der Waals surface area contributed by atoms with Gasteiger partial charge in [0.1, 0.15) is 0 Å². The molecule has 7 heteroatoms. The van der Waals surface area contributed by atoms with Crippen LogP contribution in [0.25, 0.3) is 0 Å². The lowest BCUT2D eigenvalue weighted by Gasteiger charge is -2.36. The predicted molar refractivity (Wildman–Crippen MR) is 90.9 cm³/mol.